The molecule has 21 heavy (non-hydrogen) atoms. The number of nitrogens with zero attached hydrogens (tertiary/aromatic N) is 1. The van der Waals surface area contributed by atoms with E-state index in [0.717, 1.165) is 31.2 Å². The monoisotopic (exact) mass is 293 g/mol. The van der Waals surface area contributed by atoms with E-state index in [1.807, 2.05) is 20.8 Å². The molecule has 5 heteroatoms. The van der Waals surface area contributed by atoms with Gasteiger partial charge in [-0.2, -0.15) is 0 Å². The second kappa shape index (κ2) is 9.10. The first kappa shape index (κ1) is 17.1. The summed E-state index contributed by atoms with van der Waals surface area (Å²) in [4.78, 5) is 28.1. The molecule has 0 atom stereocenters. The van der Waals surface area contributed by atoms with Crippen LogP contribution in [0.25, 0.3) is 0 Å². The average Bonchev–Trinajstić information content (AvgIpc) is 2.47. The van der Waals surface area contributed by atoms with Gasteiger partial charge in [0.15, 0.2) is 5.69 Å². The minimum atomic E-state index is -0.578. The van der Waals surface area contributed by atoms with Gasteiger partial charge in [-0.1, -0.05) is 26.7 Å². The van der Waals surface area contributed by atoms with Gasteiger partial charge >= 0.3 is 11.9 Å². The van der Waals surface area contributed by atoms with Gasteiger partial charge in [-0.15, -0.1) is 0 Å². The Balaban J connectivity index is 2.83. The molecule has 1 aromatic heterocycles. The second-order valence-electron chi connectivity index (χ2n) is 4.89. The topological polar surface area (TPSA) is 65.5 Å². The van der Waals surface area contributed by atoms with Gasteiger partial charge in [0.05, 0.1) is 18.8 Å². The van der Waals surface area contributed by atoms with E-state index in [-0.39, 0.29) is 11.3 Å². The van der Waals surface area contributed by atoms with Gasteiger partial charge in [-0.25, -0.2) is 14.6 Å². The quantitative estimate of drug-likeness (QED) is 0.543. The summed E-state index contributed by atoms with van der Waals surface area (Å²) in [6.45, 7) is 6.50. The second-order valence-corrected chi connectivity index (χ2v) is 4.89. The highest BCUT2D eigenvalue weighted by Gasteiger charge is 2.21. The number of aryl methyl sites for hydroxylation is 1. The van der Waals surface area contributed by atoms with Crippen LogP contribution in [-0.2, 0) is 9.47 Å². The van der Waals surface area contributed by atoms with Crippen LogP contribution in [-0.4, -0.2) is 30.1 Å². The number of hydrogen-bond acceptors (Lipinski definition) is 5. The summed E-state index contributed by atoms with van der Waals surface area (Å²) in [5.74, 6) is -1.10. The Bertz CT molecular complexity index is 485. The molecule has 5 nitrogen and oxygen atoms in total. The van der Waals surface area contributed by atoms with E-state index in [2.05, 4.69) is 4.98 Å². The van der Waals surface area contributed by atoms with Gasteiger partial charge in [-0.3, -0.25) is 0 Å². The van der Waals surface area contributed by atoms with Gasteiger partial charge in [-0.05, 0) is 31.4 Å². The van der Waals surface area contributed by atoms with Crippen molar-refractivity contribution in [2.45, 2.75) is 46.5 Å². The van der Waals surface area contributed by atoms with Gasteiger partial charge in [0.2, 0.25) is 0 Å². The Hall–Kier alpha value is -1.91. The molecule has 0 amide bonds. The summed E-state index contributed by atoms with van der Waals surface area (Å²) in [7, 11) is 0. The first-order valence-electron chi connectivity index (χ1n) is 7.41. The molecule has 0 saturated heterocycles. The fraction of sp³-hybridized carbons (Fsp3) is 0.562. The minimum absolute atomic E-state index is 0.0261. The average molecular weight is 293 g/mol. The van der Waals surface area contributed by atoms with E-state index in [1.165, 1.54) is 0 Å². The lowest BCUT2D eigenvalue weighted by Gasteiger charge is -2.09. The molecular weight excluding hydrogens is 270 g/mol. The third-order valence-electron chi connectivity index (χ3n) is 2.90. The zero-order valence-corrected chi connectivity index (χ0v) is 13.0. The number of carbonyl (C=O) groups is 2. The molecule has 1 heterocycles. The molecule has 0 bridgehead atoms. The lowest BCUT2D eigenvalue weighted by molar-refractivity contribution is 0.0446. The number of rotatable bonds is 8. The maximum Gasteiger partial charge on any atom is 0.357 e. The van der Waals surface area contributed by atoms with E-state index in [1.54, 1.807) is 12.3 Å². The zero-order valence-electron chi connectivity index (χ0n) is 13.0. The van der Waals surface area contributed by atoms with Crippen molar-refractivity contribution < 1.29 is 19.1 Å². The first-order chi connectivity index (χ1) is 10.1. The summed E-state index contributed by atoms with van der Waals surface area (Å²) in [5.41, 5.74) is 0.994. The molecule has 1 rings (SSSR count). The summed E-state index contributed by atoms with van der Waals surface area (Å²) >= 11 is 0. The smallest absolute Gasteiger partial charge is 0.357 e. The largest absolute Gasteiger partial charge is 0.462 e. The van der Waals surface area contributed by atoms with Gasteiger partial charge in [0.25, 0.3) is 0 Å². The van der Waals surface area contributed by atoms with Crippen LogP contribution in [0.1, 0.15) is 65.9 Å². The molecule has 0 aliphatic rings. The standard InChI is InChI=1S/C16H23NO4/c1-4-6-8-20-15(18)13-10-12(3)11-17-14(13)16(19)21-9-7-5-2/h10-11H,4-9H2,1-3H3. The van der Waals surface area contributed by atoms with Crippen LogP contribution in [0.3, 0.4) is 0 Å². The predicted octanol–water partition coefficient (Wildman–Crippen LogP) is 3.30. The Morgan fingerprint density at radius 3 is 2.19 bits per heavy atom. The lowest BCUT2D eigenvalue weighted by atomic mass is 10.1. The molecule has 0 unspecified atom stereocenters. The summed E-state index contributed by atoms with van der Waals surface area (Å²) in [6.07, 6.45) is 4.99. The number of hydrogen-bond donors (Lipinski definition) is 0. The molecule has 1 aromatic rings. The van der Waals surface area contributed by atoms with E-state index in [0.29, 0.717) is 13.2 Å². The normalized spacial score (nSPS) is 10.2. The minimum Gasteiger partial charge on any atom is -0.462 e. The number of carbonyl (C=O) groups excluding carboxylic acids is 2. The third kappa shape index (κ3) is 5.53. The fourth-order valence-electron chi connectivity index (χ4n) is 1.65. The molecule has 0 aliphatic heterocycles. The van der Waals surface area contributed by atoms with Gasteiger partial charge in [0.1, 0.15) is 0 Å². The summed E-state index contributed by atoms with van der Waals surface area (Å²) in [6, 6.07) is 1.61. The van der Waals surface area contributed by atoms with Crippen LogP contribution in [0, 0.1) is 6.92 Å². The lowest BCUT2D eigenvalue weighted by Crippen LogP contribution is -2.17. The van der Waals surface area contributed by atoms with Crippen LogP contribution < -0.4 is 0 Å². The molecular formula is C16H23NO4. The molecule has 0 saturated carbocycles. The Kier molecular flexibility index (Phi) is 7.43. The maximum atomic E-state index is 12.1. The highest BCUT2D eigenvalue weighted by atomic mass is 16.5. The van der Waals surface area contributed by atoms with Crippen molar-refractivity contribution in [3.05, 3.63) is 29.1 Å². The SMILES string of the molecule is CCCCOC(=O)c1cc(C)cnc1C(=O)OCCCC. The molecule has 0 aliphatic carbocycles. The fourth-order valence-corrected chi connectivity index (χ4v) is 1.65. The van der Waals surface area contributed by atoms with Crippen LogP contribution in [0.15, 0.2) is 12.3 Å². The molecule has 0 spiro atoms. The predicted molar refractivity (Wildman–Crippen MR) is 79.4 cm³/mol. The molecule has 0 N–H and O–H groups in total. The van der Waals surface area contributed by atoms with Crippen LogP contribution in [0.5, 0.6) is 0 Å². The third-order valence-corrected chi connectivity index (χ3v) is 2.90. The van der Waals surface area contributed by atoms with Crippen molar-refractivity contribution in [2.75, 3.05) is 13.2 Å². The molecule has 0 aromatic carbocycles. The molecule has 0 radical (unpaired) electrons. The van der Waals surface area contributed by atoms with Gasteiger partial charge in [0, 0.05) is 6.20 Å². The van der Waals surface area contributed by atoms with E-state index >= 15 is 0 Å². The highest BCUT2D eigenvalue weighted by molar-refractivity contribution is 6.01. The van der Waals surface area contributed by atoms with Crippen LogP contribution in [0.4, 0.5) is 0 Å². The van der Waals surface area contributed by atoms with Crippen molar-refractivity contribution in [1.82, 2.24) is 4.98 Å². The highest BCUT2D eigenvalue weighted by Crippen LogP contribution is 2.12. The van der Waals surface area contributed by atoms with Crippen molar-refractivity contribution >= 4 is 11.9 Å². The molecule has 0 fully saturated rings. The van der Waals surface area contributed by atoms with Crippen LogP contribution >= 0.6 is 0 Å². The van der Waals surface area contributed by atoms with E-state index < -0.39 is 11.9 Å². The van der Waals surface area contributed by atoms with Gasteiger partial charge < -0.3 is 9.47 Å². The zero-order chi connectivity index (χ0) is 15.7. The maximum absolute atomic E-state index is 12.1. The van der Waals surface area contributed by atoms with Crippen LogP contribution in [0.2, 0.25) is 0 Å². The number of unbranched alkanes of at least 4 members (excludes halogenated alkanes) is 2. The van der Waals surface area contributed by atoms with Crippen molar-refractivity contribution in [1.29, 1.82) is 0 Å². The summed E-state index contributed by atoms with van der Waals surface area (Å²) in [5, 5.41) is 0. The number of aromatic nitrogens is 1. The number of ether oxygens (including phenoxy) is 2. The Morgan fingerprint density at radius 2 is 1.62 bits per heavy atom. The van der Waals surface area contributed by atoms with Crippen molar-refractivity contribution in [3.8, 4) is 0 Å². The van der Waals surface area contributed by atoms with E-state index in [4.69, 9.17) is 9.47 Å². The Morgan fingerprint density at radius 1 is 1.05 bits per heavy atom. The van der Waals surface area contributed by atoms with Crippen molar-refractivity contribution in [3.63, 3.8) is 0 Å². The first-order valence-corrected chi connectivity index (χ1v) is 7.41. The van der Waals surface area contributed by atoms with E-state index in [9.17, 15) is 9.59 Å². The molecule has 116 valence electrons. The Labute approximate surface area is 125 Å². The number of pyridine rings is 1. The summed E-state index contributed by atoms with van der Waals surface area (Å²) < 4.78 is 10.3. The number of esters is 2. The van der Waals surface area contributed by atoms with Crippen molar-refractivity contribution in [2.24, 2.45) is 0 Å².